The molecule has 0 bridgehead atoms. The lowest BCUT2D eigenvalue weighted by Crippen LogP contribution is -2.42. The van der Waals surface area contributed by atoms with Gasteiger partial charge >= 0.3 is 5.69 Å². The Hall–Kier alpha value is -3.45. The van der Waals surface area contributed by atoms with Crippen LogP contribution >= 0.6 is 11.3 Å². The molecule has 0 spiro atoms. The maximum Gasteiger partial charge on any atom is 0.332 e. The number of carbonyl (C=O) groups excluding carboxylic acids is 1. The molecule has 0 saturated heterocycles. The molecule has 2 aromatic heterocycles. The monoisotopic (exact) mass is 459 g/mol. The van der Waals surface area contributed by atoms with E-state index in [9.17, 15) is 14.4 Å². The Balaban J connectivity index is 1.57. The number of aromatic nitrogens is 2. The van der Waals surface area contributed by atoms with Gasteiger partial charge in [0.05, 0.1) is 5.39 Å². The molecular weight excluding hydrogens is 434 g/mol. The zero-order valence-corrected chi connectivity index (χ0v) is 19.1. The maximum absolute atomic E-state index is 13.5. The Labute approximate surface area is 195 Å². The van der Waals surface area contributed by atoms with Crippen LogP contribution in [0.2, 0.25) is 0 Å². The molecule has 7 heteroatoms. The summed E-state index contributed by atoms with van der Waals surface area (Å²) >= 11 is 1.50. The topological polar surface area (TPSA) is 73.1 Å². The molecule has 0 atom stereocenters. The highest BCUT2D eigenvalue weighted by atomic mass is 32.1. The summed E-state index contributed by atoms with van der Waals surface area (Å²) in [5, 5.41) is 3.47. The van der Waals surface area contributed by atoms with E-state index in [1.165, 1.54) is 25.3 Å². The van der Waals surface area contributed by atoms with Crippen LogP contribution in [-0.2, 0) is 37.1 Å². The van der Waals surface area contributed by atoms with E-state index in [0.717, 1.165) is 36.8 Å². The Morgan fingerprint density at radius 3 is 2.36 bits per heavy atom. The van der Waals surface area contributed by atoms with Gasteiger partial charge in [-0.05, 0) is 55.4 Å². The number of para-hydroxylation sites is 1. The van der Waals surface area contributed by atoms with Crippen LogP contribution in [0.4, 0.5) is 5.69 Å². The molecule has 6 nitrogen and oxygen atoms in total. The van der Waals surface area contributed by atoms with Crippen molar-refractivity contribution in [3.05, 3.63) is 97.5 Å². The van der Waals surface area contributed by atoms with Crippen molar-refractivity contribution in [2.75, 3.05) is 5.32 Å². The largest absolute Gasteiger partial charge is 0.332 e. The highest BCUT2D eigenvalue weighted by molar-refractivity contribution is 7.18. The summed E-state index contributed by atoms with van der Waals surface area (Å²) in [6.07, 6.45) is 4.46. The van der Waals surface area contributed by atoms with Gasteiger partial charge in [-0.25, -0.2) is 4.79 Å². The van der Waals surface area contributed by atoms with Gasteiger partial charge in [-0.3, -0.25) is 18.7 Å². The first kappa shape index (κ1) is 21.4. The molecule has 5 rings (SSSR count). The van der Waals surface area contributed by atoms with Crippen LogP contribution in [0.5, 0.6) is 0 Å². The number of hydrogen-bond acceptors (Lipinski definition) is 4. The summed E-state index contributed by atoms with van der Waals surface area (Å²) in [5.74, 6) is -0.288. The number of carbonyl (C=O) groups is 1. The fourth-order valence-corrected chi connectivity index (χ4v) is 5.88. The molecule has 1 amide bonds. The van der Waals surface area contributed by atoms with Gasteiger partial charge in [0.25, 0.3) is 5.56 Å². The summed E-state index contributed by atoms with van der Waals surface area (Å²) < 4.78 is 2.80. The van der Waals surface area contributed by atoms with Gasteiger partial charge in [0, 0.05) is 17.1 Å². The van der Waals surface area contributed by atoms with Crippen LogP contribution in [-0.4, -0.2) is 15.0 Å². The van der Waals surface area contributed by atoms with E-state index in [-0.39, 0.29) is 24.6 Å². The van der Waals surface area contributed by atoms with Crippen molar-refractivity contribution in [2.24, 2.45) is 0 Å². The molecule has 0 aliphatic heterocycles. The number of thiophene rings is 1. The zero-order chi connectivity index (χ0) is 22.8. The standard InChI is InChI=1S/C26H25N3O3S/c30-22(27-19-11-5-2-6-12-19)17-29-25-23(20-13-7-8-14-21(20)33-25)24(31)28(26(29)32)16-15-18-9-3-1-4-10-18/h1-6,9-12H,7-8,13-17H2,(H,27,30). The quantitative estimate of drug-likeness (QED) is 0.474. The van der Waals surface area contributed by atoms with Crippen molar-refractivity contribution < 1.29 is 4.79 Å². The molecule has 0 unspecified atom stereocenters. The normalized spacial score (nSPS) is 13.1. The Morgan fingerprint density at radius 1 is 0.909 bits per heavy atom. The lowest BCUT2D eigenvalue weighted by Gasteiger charge is -2.13. The smallest absolute Gasteiger partial charge is 0.325 e. The van der Waals surface area contributed by atoms with Crippen molar-refractivity contribution in [3.8, 4) is 0 Å². The van der Waals surface area contributed by atoms with Gasteiger partial charge in [-0.2, -0.15) is 0 Å². The van der Waals surface area contributed by atoms with Gasteiger partial charge in [0.1, 0.15) is 11.4 Å². The molecule has 1 aliphatic rings. The van der Waals surface area contributed by atoms with Crippen molar-refractivity contribution in [1.82, 2.24) is 9.13 Å². The van der Waals surface area contributed by atoms with Gasteiger partial charge in [-0.15, -0.1) is 11.3 Å². The Morgan fingerprint density at radius 2 is 1.61 bits per heavy atom. The maximum atomic E-state index is 13.5. The number of fused-ring (bicyclic) bond motifs is 3. The molecule has 2 aromatic carbocycles. The number of nitrogens with one attached hydrogen (secondary N) is 1. The van der Waals surface area contributed by atoms with Gasteiger partial charge < -0.3 is 5.32 Å². The Kier molecular flexibility index (Phi) is 5.96. The third-order valence-corrected chi connectivity index (χ3v) is 7.46. The molecule has 4 aromatic rings. The molecule has 0 radical (unpaired) electrons. The zero-order valence-electron chi connectivity index (χ0n) is 18.3. The molecule has 0 fully saturated rings. The number of amides is 1. The SMILES string of the molecule is O=C(Cn1c(=O)n(CCc2ccccc2)c(=O)c2c3c(sc21)CCCC3)Nc1ccccc1. The van der Waals surface area contributed by atoms with Crippen molar-refractivity contribution in [3.63, 3.8) is 0 Å². The fourth-order valence-electron chi connectivity index (χ4n) is 4.50. The van der Waals surface area contributed by atoms with Crippen LogP contribution in [0, 0.1) is 0 Å². The van der Waals surface area contributed by atoms with Crippen LogP contribution in [0.3, 0.4) is 0 Å². The lowest BCUT2D eigenvalue weighted by molar-refractivity contribution is -0.116. The summed E-state index contributed by atoms with van der Waals surface area (Å²) in [4.78, 5) is 41.6. The first-order chi connectivity index (χ1) is 16.1. The van der Waals surface area contributed by atoms with E-state index in [0.29, 0.717) is 22.3 Å². The van der Waals surface area contributed by atoms with E-state index >= 15 is 0 Å². The van der Waals surface area contributed by atoms with E-state index < -0.39 is 5.69 Å². The number of anilines is 1. The average molecular weight is 460 g/mol. The van der Waals surface area contributed by atoms with Crippen LogP contribution in [0.15, 0.2) is 70.3 Å². The summed E-state index contributed by atoms with van der Waals surface area (Å²) in [6, 6.07) is 19.0. The van der Waals surface area contributed by atoms with Crippen LogP contribution in [0.25, 0.3) is 10.2 Å². The lowest BCUT2D eigenvalue weighted by atomic mass is 9.97. The number of aryl methyl sites for hydroxylation is 3. The molecular formula is C26H25N3O3S. The third-order valence-electron chi connectivity index (χ3n) is 6.14. The molecule has 2 heterocycles. The average Bonchev–Trinajstić information content (AvgIpc) is 3.23. The summed E-state index contributed by atoms with van der Waals surface area (Å²) in [7, 11) is 0. The minimum atomic E-state index is -0.426. The molecule has 33 heavy (non-hydrogen) atoms. The van der Waals surface area contributed by atoms with Crippen molar-refractivity contribution >= 4 is 33.1 Å². The second-order valence-corrected chi connectivity index (χ2v) is 9.45. The van der Waals surface area contributed by atoms with Crippen molar-refractivity contribution in [1.29, 1.82) is 0 Å². The molecule has 168 valence electrons. The van der Waals surface area contributed by atoms with Gasteiger partial charge in [0.15, 0.2) is 0 Å². The molecule has 1 aliphatic carbocycles. The Bertz CT molecular complexity index is 1420. The summed E-state index contributed by atoms with van der Waals surface area (Å²) in [5.41, 5.74) is 2.14. The van der Waals surface area contributed by atoms with Crippen LogP contribution in [0.1, 0.15) is 28.8 Å². The fraction of sp³-hybridized carbons (Fsp3) is 0.269. The second kappa shape index (κ2) is 9.19. The van der Waals surface area contributed by atoms with Gasteiger partial charge in [-0.1, -0.05) is 48.5 Å². The highest BCUT2D eigenvalue weighted by Crippen LogP contribution is 2.34. The number of nitrogens with zero attached hydrogens (tertiary/aromatic N) is 2. The van der Waals surface area contributed by atoms with Gasteiger partial charge in [0.2, 0.25) is 5.91 Å². The predicted molar refractivity (Wildman–Crippen MR) is 132 cm³/mol. The number of benzene rings is 2. The van der Waals surface area contributed by atoms with Crippen molar-refractivity contribution in [2.45, 2.75) is 45.2 Å². The molecule has 0 saturated carbocycles. The first-order valence-corrected chi connectivity index (χ1v) is 12.1. The van der Waals surface area contributed by atoms with E-state index in [4.69, 9.17) is 0 Å². The van der Waals surface area contributed by atoms with E-state index in [1.54, 1.807) is 12.1 Å². The third kappa shape index (κ3) is 4.28. The highest BCUT2D eigenvalue weighted by Gasteiger charge is 2.24. The number of rotatable bonds is 6. The second-order valence-electron chi connectivity index (χ2n) is 8.37. The number of hydrogen-bond donors (Lipinski definition) is 1. The van der Waals surface area contributed by atoms with E-state index in [2.05, 4.69) is 5.32 Å². The van der Waals surface area contributed by atoms with Crippen LogP contribution < -0.4 is 16.6 Å². The summed E-state index contributed by atoms with van der Waals surface area (Å²) in [6.45, 7) is 0.151. The van der Waals surface area contributed by atoms with E-state index in [1.807, 2.05) is 48.5 Å². The minimum Gasteiger partial charge on any atom is -0.325 e. The predicted octanol–water partition coefficient (Wildman–Crippen LogP) is 3.98. The first-order valence-electron chi connectivity index (χ1n) is 11.3. The molecule has 1 N–H and O–H groups in total. The minimum absolute atomic E-state index is 0.130.